The monoisotopic (exact) mass is 503 g/mol. The molecule has 36 heavy (non-hydrogen) atoms. The van der Waals surface area contributed by atoms with Gasteiger partial charge in [0.05, 0.1) is 17.6 Å². The number of carboxylic acid groups (broad SMARTS) is 1. The Morgan fingerprint density at radius 1 is 1.11 bits per heavy atom. The average molecular weight is 504 g/mol. The molecule has 1 aliphatic heterocycles. The molecule has 1 N–H and O–H groups in total. The standard InChI is InChI=1S/C28H32F3NO4/c1-16(2)36-26-9-5-19(11-24(26)28(29,30)31)15-35-25-10-8-22-17(3)20(6-7-23(22)18(25)4)12-32-13-21(14-32)27(33)34/h5,8-11,16,21H,6-7,12-15H2,1-4H3,(H,33,34). The number of fused-ring (bicyclic) bond motifs is 1. The van der Waals surface area contributed by atoms with Gasteiger partial charge >= 0.3 is 12.1 Å². The third-order valence-electron chi connectivity index (χ3n) is 6.99. The molecule has 1 fully saturated rings. The van der Waals surface area contributed by atoms with Gasteiger partial charge in [0.2, 0.25) is 0 Å². The summed E-state index contributed by atoms with van der Waals surface area (Å²) in [5.41, 5.74) is 5.50. The molecular weight excluding hydrogens is 471 g/mol. The number of benzene rings is 2. The number of alkyl halides is 3. The van der Waals surface area contributed by atoms with E-state index in [0.717, 1.165) is 36.6 Å². The molecule has 1 aliphatic carbocycles. The number of likely N-dealkylation sites (tertiary alicyclic amines) is 1. The van der Waals surface area contributed by atoms with E-state index in [1.54, 1.807) is 19.9 Å². The van der Waals surface area contributed by atoms with Crippen LogP contribution >= 0.6 is 0 Å². The van der Waals surface area contributed by atoms with Crippen molar-refractivity contribution in [2.75, 3.05) is 19.6 Å². The highest BCUT2D eigenvalue weighted by molar-refractivity contribution is 5.74. The van der Waals surface area contributed by atoms with E-state index in [1.165, 1.54) is 22.8 Å². The zero-order valence-corrected chi connectivity index (χ0v) is 21.0. The Kier molecular flexibility index (Phi) is 7.36. The van der Waals surface area contributed by atoms with Crippen LogP contribution in [0.1, 0.15) is 55.0 Å². The summed E-state index contributed by atoms with van der Waals surface area (Å²) in [6.45, 7) is 9.44. The minimum atomic E-state index is -4.52. The van der Waals surface area contributed by atoms with Crippen LogP contribution in [0.2, 0.25) is 0 Å². The van der Waals surface area contributed by atoms with Gasteiger partial charge in [0, 0.05) is 19.6 Å². The van der Waals surface area contributed by atoms with Gasteiger partial charge in [-0.15, -0.1) is 0 Å². The Bertz CT molecular complexity index is 1180. The Morgan fingerprint density at radius 2 is 1.81 bits per heavy atom. The molecule has 5 nitrogen and oxygen atoms in total. The molecule has 8 heteroatoms. The Balaban J connectivity index is 1.48. The predicted octanol–water partition coefficient (Wildman–Crippen LogP) is 6.12. The molecule has 0 atom stereocenters. The lowest BCUT2D eigenvalue weighted by atomic mass is 9.83. The largest absolute Gasteiger partial charge is 0.490 e. The van der Waals surface area contributed by atoms with Gasteiger partial charge in [-0.05, 0) is 86.6 Å². The second-order valence-electron chi connectivity index (χ2n) is 9.96. The first kappa shape index (κ1) is 26.1. The molecule has 0 saturated carbocycles. The zero-order chi connectivity index (χ0) is 26.2. The van der Waals surface area contributed by atoms with E-state index in [9.17, 15) is 18.0 Å². The van der Waals surface area contributed by atoms with Crippen molar-refractivity contribution in [1.82, 2.24) is 4.90 Å². The van der Waals surface area contributed by atoms with Gasteiger partial charge in [-0.2, -0.15) is 13.2 Å². The second kappa shape index (κ2) is 10.2. The van der Waals surface area contributed by atoms with Gasteiger partial charge in [-0.25, -0.2) is 0 Å². The molecule has 1 heterocycles. The van der Waals surface area contributed by atoms with Gasteiger partial charge in [-0.3, -0.25) is 9.69 Å². The molecule has 2 aliphatic rings. The van der Waals surface area contributed by atoms with Crippen LogP contribution in [0, 0.1) is 12.8 Å². The van der Waals surface area contributed by atoms with Crippen molar-refractivity contribution in [2.24, 2.45) is 5.92 Å². The fourth-order valence-electron chi connectivity index (χ4n) is 4.95. The lowest BCUT2D eigenvalue weighted by Crippen LogP contribution is -2.50. The molecule has 4 rings (SSSR count). The first-order chi connectivity index (χ1) is 16.9. The molecule has 0 aromatic heterocycles. The quantitative estimate of drug-likeness (QED) is 0.471. The van der Waals surface area contributed by atoms with E-state index in [-0.39, 0.29) is 24.4 Å². The van der Waals surface area contributed by atoms with E-state index < -0.39 is 17.7 Å². The molecule has 0 unspecified atom stereocenters. The SMILES string of the molecule is CC1=C(CN2CC(C(=O)O)C2)CCc2c1ccc(OCc1ccc(OC(C)C)c(C(F)(F)F)c1)c2C. The van der Waals surface area contributed by atoms with Crippen molar-refractivity contribution in [1.29, 1.82) is 0 Å². The first-order valence-electron chi connectivity index (χ1n) is 12.2. The maximum Gasteiger partial charge on any atom is 0.419 e. The molecule has 0 spiro atoms. The third kappa shape index (κ3) is 5.53. The summed E-state index contributed by atoms with van der Waals surface area (Å²) < 4.78 is 52.0. The molecule has 0 amide bonds. The highest BCUT2D eigenvalue weighted by Gasteiger charge is 2.35. The van der Waals surface area contributed by atoms with Crippen LogP contribution in [0.4, 0.5) is 13.2 Å². The maximum absolute atomic E-state index is 13.6. The number of rotatable bonds is 8. The highest BCUT2D eigenvalue weighted by atomic mass is 19.4. The van der Waals surface area contributed by atoms with E-state index in [2.05, 4.69) is 11.8 Å². The maximum atomic E-state index is 13.6. The fraction of sp³-hybridized carbons (Fsp3) is 0.464. The molecule has 2 aromatic carbocycles. The van der Waals surface area contributed by atoms with Crippen LogP contribution in [-0.2, 0) is 24.0 Å². The van der Waals surface area contributed by atoms with Gasteiger partial charge in [0.15, 0.2) is 0 Å². The number of carbonyl (C=O) groups is 1. The van der Waals surface area contributed by atoms with Crippen molar-refractivity contribution in [2.45, 2.75) is 59.4 Å². The minimum Gasteiger partial charge on any atom is -0.490 e. The summed E-state index contributed by atoms with van der Waals surface area (Å²) in [7, 11) is 0. The number of allylic oxidation sites excluding steroid dienone is 1. The smallest absolute Gasteiger partial charge is 0.419 e. The van der Waals surface area contributed by atoms with Crippen LogP contribution in [0.3, 0.4) is 0 Å². The van der Waals surface area contributed by atoms with E-state index in [1.807, 2.05) is 19.1 Å². The van der Waals surface area contributed by atoms with Crippen LogP contribution in [-0.4, -0.2) is 41.7 Å². The van der Waals surface area contributed by atoms with Gasteiger partial charge < -0.3 is 14.6 Å². The normalized spacial score (nSPS) is 16.7. The number of nitrogens with zero attached hydrogens (tertiary/aromatic N) is 1. The number of hydrogen-bond acceptors (Lipinski definition) is 4. The van der Waals surface area contributed by atoms with Crippen molar-refractivity contribution in [3.63, 3.8) is 0 Å². The molecular formula is C28H32F3NO4. The van der Waals surface area contributed by atoms with Crippen LogP contribution < -0.4 is 9.47 Å². The van der Waals surface area contributed by atoms with Crippen molar-refractivity contribution in [3.8, 4) is 11.5 Å². The Hall–Kier alpha value is -3.00. The van der Waals surface area contributed by atoms with Gasteiger partial charge in [0.25, 0.3) is 0 Å². The lowest BCUT2D eigenvalue weighted by molar-refractivity contribution is -0.147. The molecule has 2 aromatic rings. The average Bonchev–Trinajstić information content (AvgIpc) is 2.76. The summed E-state index contributed by atoms with van der Waals surface area (Å²) >= 11 is 0. The minimum absolute atomic E-state index is 0.0183. The van der Waals surface area contributed by atoms with E-state index in [0.29, 0.717) is 24.4 Å². The molecule has 1 saturated heterocycles. The van der Waals surface area contributed by atoms with Crippen LogP contribution in [0.15, 0.2) is 35.9 Å². The number of ether oxygens (including phenoxy) is 2. The first-order valence-corrected chi connectivity index (χ1v) is 12.2. The molecule has 194 valence electrons. The highest BCUT2D eigenvalue weighted by Crippen LogP contribution is 2.39. The van der Waals surface area contributed by atoms with E-state index >= 15 is 0 Å². The lowest BCUT2D eigenvalue weighted by Gasteiger charge is -2.38. The summed E-state index contributed by atoms with van der Waals surface area (Å²) in [4.78, 5) is 13.2. The van der Waals surface area contributed by atoms with E-state index in [4.69, 9.17) is 14.6 Å². The number of aliphatic carboxylic acids is 1. The Labute approximate surface area is 209 Å². The predicted molar refractivity (Wildman–Crippen MR) is 131 cm³/mol. The van der Waals surface area contributed by atoms with Crippen molar-refractivity contribution >= 4 is 11.5 Å². The topological polar surface area (TPSA) is 59.0 Å². The fourth-order valence-corrected chi connectivity index (χ4v) is 4.95. The zero-order valence-electron chi connectivity index (χ0n) is 21.0. The summed E-state index contributed by atoms with van der Waals surface area (Å²) in [5, 5.41) is 9.10. The second-order valence-corrected chi connectivity index (χ2v) is 9.96. The molecule has 0 bridgehead atoms. The van der Waals surface area contributed by atoms with Crippen LogP contribution in [0.5, 0.6) is 11.5 Å². The van der Waals surface area contributed by atoms with Gasteiger partial charge in [-0.1, -0.05) is 17.7 Å². The van der Waals surface area contributed by atoms with Crippen LogP contribution in [0.25, 0.3) is 5.57 Å². The number of carboxylic acids is 1. The number of hydrogen-bond donors (Lipinski definition) is 1. The third-order valence-corrected chi connectivity index (χ3v) is 6.99. The summed E-state index contributed by atoms with van der Waals surface area (Å²) in [6, 6.07) is 7.95. The van der Waals surface area contributed by atoms with Crippen molar-refractivity contribution < 1.29 is 32.5 Å². The summed E-state index contributed by atoms with van der Waals surface area (Å²) in [5.74, 6) is -0.521. The molecule has 0 radical (unpaired) electrons. The van der Waals surface area contributed by atoms with Crippen molar-refractivity contribution in [3.05, 3.63) is 63.7 Å². The Morgan fingerprint density at radius 3 is 2.44 bits per heavy atom. The summed E-state index contributed by atoms with van der Waals surface area (Å²) in [6.07, 6.45) is -3.14. The number of halogens is 3. The van der Waals surface area contributed by atoms with Gasteiger partial charge in [0.1, 0.15) is 18.1 Å².